The first-order valence-corrected chi connectivity index (χ1v) is 10.4. The maximum atomic E-state index is 13.3. The van der Waals surface area contributed by atoms with Crippen LogP contribution in [0, 0.1) is 0 Å². The molecule has 2 aromatic rings. The average Bonchev–Trinajstić information content (AvgIpc) is 3.21. The number of amides is 2. The van der Waals surface area contributed by atoms with Crippen molar-refractivity contribution >= 4 is 17.7 Å². The molecule has 2 aromatic carbocycles. The number of anilines is 1. The van der Waals surface area contributed by atoms with Gasteiger partial charge in [0.2, 0.25) is 0 Å². The molecule has 7 heteroatoms. The summed E-state index contributed by atoms with van der Waals surface area (Å²) in [6, 6.07) is 16.2. The van der Waals surface area contributed by atoms with E-state index >= 15 is 0 Å². The number of carbonyl (C=O) groups excluding carboxylic acids is 2. The van der Waals surface area contributed by atoms with Crippen LogP contribution in [0.3, 0.4) is 0 Å². The quantitative estimate of drug-likeness (QED) is 0.722. The van der Waals surface area contributed by atoms with Gasteiger partial charge in [-0.05, 0) is 57.5 Å². The first-order valence-electron chi connectivity index (χ1n) is 10.4. The van der Waals surface area contributed by atoms with Crippen molar-refractivity contribution in [2.45, 2.75) is 51.4 Å². The summed E-state index contributed by atoms with van der Waals surface area (Å²) in [4.78, 5) is 25.7. The number of hydrogen-bond donors (Lipinski definition) is 2. The summed E-state index contributed by atoms with van der Waals surface area (Å²) in [6.45, 7) is 8.26. The molecule has 7 nitrogen and oxygen atoms in total. The number of hydrogen-bond acceptors (Lipinski definition) is 5. The van der Waals surface area contributed by atoms with Gasteiger partial charge < -0.3 is 24.8 Å². The van der Waals surface area contributed by atoms with Crippen LogP contribution in [0.5, 0.6) is 5.75 Å². The lowest BCUT2D eigenvalue weighted by atomic mass is 9.91. The van der Waals surface area contributed by atoms with Gasteiger partial charge in [0, 0.05) is 12.1 Å². The van der Waals surface area contributed by atoms with Gasteiger partial charge in [-0.25, -0.2) is 4.79 Å². The monoisotopic (exact) mass is 426 g/mol. The normalized spacial score (nSPS) is 18.0. The largest absolute Gasteiger partial charge is 0.488 e. The molecular formula is C24H30N2O5. The molecule has 3 rings (SSSR count). The van der Waals surface area contributed by atoms with E-state index < -0.39 is 17.2 Å². The minimum absolute atomic E-state index is 0.0554. The summed E-state index contributed by atoms with van der Waals surface area (Å²) in [5, 5.41) is 5.61. The molecule has 0 bridgehead atoms. The van der Waals surface area contributed by atoms with Crippen LogP contribution in [-0.4, -0.2) is 36.9 Å². The smallest absolute Gasteiger partial charge is 0.408 e. The summed E-state index contributed by atoms with van der Waals surface area (Å²) >= 11 is 0. The topological polar surface area (TPSA) is 85.9 Å². The molecule has 0 aliphatic carbocycles. The van der Waals surface area contributed by atoms with Crippen LogP contribution < -0.4 is 15.4 Å². The highest BCUT2D eigenvalue weighted by Gasteiger charge is 2.38. The van der Waals surface area contributed by atoms with Crippen molar-refractivity contribution in [1.29, 1.82) is 0 Å². The molecule has 0 radical (unpaired) electrons. The average molecular weight is 427 g/mol. The van der Waals surface area contributed by atoms with Crippen molar-refractivity contribution in [2.75, 3.05) is 18.5 Å². The summed E-state index contributed by atoms with van der Waals surface area (Å²) < 4.78 is 16.6. The SMILES string of the molecule is CC(C)(C)OC(=O)N[C@@](C)(C(=O)Nc1ccc(O[C@@H]2CCOC2)cc1)c1ccccc1. The van der Waals surface area contributed by atoms with Gasteiger partial charge in [-0.2, -0.15) is 0 Å². The highest BCUT2D eigenvalue weighted by molar-refractivity contribution is 6.00. The fraction of sp³-hybridized carbons (Fsp3) is 0.417. The molecule has 1 aliphatic rings. The second-order valence-electron chi connectivity index (χ2n) is 8.70. The molecule has 2 amide bonds. The van der Waals surface area contributed by atoms with Gasteiger partial charge in [0.15, 0.2) is 0 Å². The van der Waals surface area contributed by atoms with Crippen LogP contribution in [0.4, 0.5) is 10.5 Å². The van der Waals surface area contributed by atoms with Crippen molar-refractivity contribution in [3.05, 3.63) is 60.2 Å². The third-order valence-electron chi connectivity index (χ3n) is 4.86. The molecule has 2 atom stereocenters. The second kappa shape index (κ2) is 9.39. The van der Waals surface area contributed by atoms with E-state index in [4.69, 9.17) is 14.2 Å². The Kier molecular flexibility index (Phi) is 6.85. The first-order chi connectivity index (χ1) is 14.7. The lowest BCUT2D eigenvalue weighted by Crippen LogP contribution is -2.53. The summed E-state index contributed by atoms with van der Waals surface area (Å²) in [5.41, 5.74) is -0.786. The second-order valence-corrected chi connectivity index (χ2v) is 8.70. The highest BCUT2D eigenvalue weighted by Crippen LogP contribution is 2.25. The third kappa shape index (κ3) is 6.21. The maximum Gasteiger partial charge on any atom is 0.408 e. The van der Waals surface area contributed by atoms with Gasteiger partial charge in [-0.3, -0.25) is 4.79 Å². The first kappa shape index (κ1) is 22.6. The molecule has 1 saturated heterocycles. The molecule has 1 aliphatic heterocycles. The van der Waals surface area contributed by atoms with E-state index in [1.165, 1.54) is 0 Å². The summed E-state index contributed by atoms with van der Waals surface area (Å²) in [6.07, 6.45) is 0.251. The zero-order valence-corrected chi connectivity index (χ0v) is 18.4. The van der Waals surface area contributed by atoms with Gasteiger partial charge in [0.05, 0.1) is 13.2 Å². The van der Waals surface area contributed by atoms with Crippen LogP contribution in [0.2, 0.25) is 0 Å². The molecule has 31 heavy (non-hydrogen) atoms. The molecule has 166 valence electrons. The number of alkyl carbamates (subject to hydrolysis) is 1. The van der Waals surface area contributed by atoms with E-state index in [0.29, 0.717) is 30.2 Å². The van der Waals surface area contributed by atoms with Gasteiger partial charge in [0.1, 0.15) is 23.0 Å². The van der Waals surface area contributed by atoms with Crippen LogP contribution in [0.1, 0.15) is 39.7 Å². The number of benzene rings is 2. The number of ether oxygens (including phenoxy) is 3. The van der Waals surface area contributed by atoms with Crippen molar-refractivity contribution in [1.82, 2.24) is 5.32 Å². The predicted molar refractivity (Wildman–Crippen MR) is 118 cm³/mol. The summed E-state index contributed by atoms with van der Waals surface area (Å²) in [5.74, 6) is 0.327. The minimum atomic E-state index is -1.33. The number of rotatable bonds is 6. The lowest BCUT2D eigenvalue weighted by molar-refractivity contribution is -0.122. The van der Waals surface area contributed by atoms with Crippen molar-refractivity contribution in [2.24, 2.45) is 0 Å². The molecule has 1 heterocycles. The van der Waals surface area contributed by atoms with Crippen LogP contribution in [0.15, 0.2) is 54.6 Å². The van der Waals surface area contributed by atoms with E-state index in [-0.39, 0.29) is 12.0 Å². The van der Waals surface area contributed by atoms with Gasteiger partial charge >= 0.3 is 6.09 Å². The third-order valence-corrected chi connectivity index (χ3v) is 4.86. The van der Waals surface area contributed by atoms with Crippen LogP contribution in [0.25, 0.3) is 0 Å². The maximum absolute atomic E-state index is 13.3. The van der Waals surface area contributed by atoms with Gasteiger partial charge in [0.25, 0.3) is 5.91 Å². The molecule has 1 fully saturated rings. The Hall–Kier alpha value is -3.06. The lowest BCUT2D eigenvalue weighted by Gasteiger charge is -2.31. The Bertz CT molecular complexity index is 886. The molecule has 2 N–H and O–H groups in total. The minimum Gasteiger partial charge on any atom is -0.488 e. The van der Waals surface area contributed by atoms with Crippen LogP contribution >= 0.6 is 0 Å². The van der Waals surface area contributed by atoms with E-state index in [2.05, 4.69) is 10.6 Å². The highest BCUT2D eigenvalue weighted by atomic mass is 16.6. The fourth-order valence-corrected chi connectivity index (χ4v) is 3.21. The van der Waals surface area contributed by atoms with Gasteiger partial charge in [-0.15, -0.1) is 0 Å². The fourth-order valence-electron chi connectivity index (χ4n) is 3.21. The van der Waals surface area contributed by atoms with Crippen LogP contribution in [-0.2, 0) is 19.8 Å². The Morgan fingerprint density at radius 1 is 1.00 bits per heavy atom. The molecular weight excluding hydrogens is 396 g/mol. The van der Waals surface area contributed by atoms with E-state index in [0.717, 1.165) is 6.42 Å². The molecule has 0 saturated carbocycles. The van der Waals surface area contributed by atoms with Crippen molar-refractivity contribution in [3.63, 3.8) is 0 Å². The molecule has 0 spiro atoms. The van der Waals surface area contributed by atoms with E-state index in [1.54, 1.807) is 64.1 Å². The Morgan fingerprint density at radius 2 is 1.68 bits per heavy atom. The van der Waals surface area contributed by atoms with Gasteiger partial charge in [-0.1, -0.05) is 30.3 Å². The molecule has 0 unspecified atom stereocenters. The number of nitrogens with one attached hydrogen (secondary N) is 2. The summed E-state index contributed by atoms with van der Waals surface area (Å²) in [7, 11) is 0. The zero-order valence-electron chi connectivity index (χ0n) is 18.4. The van der Waals surface area contributed by atoms with Crippen molar-refractivity contribution in [3.8, 4) is 5.75 Å². The zero-order chi connectivity index (χ0) is 22.5. The Balaban J connectivity index is 1.74. The predicted octanol–water partition coefficient (Wildman–Crippen LogP) is 4.23. The number of carbonyl (C=O) groups is 2. The van der Waals surface area contributed by atoms with Crippen molar-refractivity contribution < 1.29 is 23.8 Å². The standard InChI is InChI=1S/C24H30N2O5/c1-23(2,3)31-22(28)26-24(4,17-8-6-5-7-9-17)21(27)25-18-10-12-19(13-11-18)30-20-14-15-29-16-20/h5-13,20H,14-16H2,1-4H3,(H,25,27)(H,26,28)/t20-,24-/m1/s1. The molecule has 0 aromatic heterocycles. The van der Waals surface area contributed by atoms with E-state index in [1.807, 2.05) is 18.2 Å². The van der Waals surface area contributed by atoms with E-state index in [9.17, 15) is 9.59 Å². The Labute approximate surface area is 183 Å². The Morgan fingerprint density at radius 3 is 2.26 bits per heavy atom.